The fourth-order valence-electron chi connectivity index (χ4n) is 2.53. The number of nitrogens with one attached hydrogen (secondary N) is 1. The highest BCUT2D eigenvalue weighted by Gasteiger charge is 2.20. The summed E-state index contributed by atoms with van der Waals surface area (Å²) >= 11 is 0. The maximum atomic E-state index is 12.3. The zero-order valence-corrected chi connectivity index (χ0v) is 15.5. The summed E-state index contributed by atoms with van der Waals surface area (Å²) in [7, 11) is 0. The minimum atomic E-state index is -0.268. The normalized spacial score (nSPS) is 13.0. The van der Waals surface area contributed by atoms with Gasteiger partial charge < -0.3 is 5.32 Å². The van der Waals surface area contributed by atoms with Crippen LogP contribution < -0.4 is 5.32 Å². The number of carbonyl (C=O) groups excluding carboxylic acids is 2. The molecule has 0 heterocycles. The highest BCUT2D eigenvalue weighted by atomic mass is 16.2. The second-order valence-electron chi connectivity index (χ2n) is 7.60. The third kappa shape index (κ3) is 11.8. The van der Waals surface area contributed by atoms with Gasteiger partial charge in [0.25, 0.3) is 0 Å². The lowest BCUT2D eigenvalue weighted by molar-refractivity contribution is -0.128. The molecule has 0 radical (unpaired) electrons. The van der Waals surface area contributed by atoms with Crippen LogP contribution >= 0.6 is 0 Å². The third-order valence-corrected chi connectivity index (χ3v) is 3.90. The van der Waals surface area contributed by atoms with E-state index in [0.717, 1.165) is 51.4 Å². The van der Waals surface area contributed by atoms with Gasteiger partial charge in [-0.25, -0.2) is 0 Å². The molecular formula is C19H37NO2. The van der Waals surface area contributed by atoms with Crippen molar-refractivity contribution in [3.8, 4) is 0 Å². The highest BCUT2D eigenvalue weighted by Crippen LogP contribution is 2.22. The zero-order chi connectivity index (χ0) is 17.0. The SMILES string of the molecule is CCCCCC(=O)[C@H](CCCCC(C)(C)C)NC(=O)CCC. The van der Waals surface area contributed by atoms with Crippen molar-refractivity contribution < 1.29 is 9.59 Å². The van der Waals surface area contributed by atoms with E-state index < -0.39 is 0 Å². The number of amides is 1. The molecule has 0 aromatic heterocycles. The molecule has 0 unspecified atom stereocenters. The van der Waals surface area contributed by atoms with Crippen LogP contribution in [0.15, 0.2) is 0 Å². The second kappa shape index (κ2) is 11.7. The Bertz CT molecular complexity index is 318. The molecule has 1 N–H and O–H groups in total. The molecular weight excluding hydrogens is 274 g/mol. The largest absolute Gasteiger partial charge is 0.346 e. The predicted molar refractivity (Wildman–Crippen MR) is 93.9 cm³/mol. The molecule has 0 aliphatic heterocycles. The Morgan fingerprint density at radius 2 is 1.59 bits per heavy atom. The van der Waals surface area contributed by atoms with Gasteiger partial charge in [0.2, 0.25) is 5.91 Å². The van der Waals surface area contributed by atoms with Gasteiger partial charge in [-0.3, -0.25) is 9.59 Å². The number of carbonyl (C=O) groups is 2. The van der Waals surface area contributed by atoms with Crippen molar-refractivity contribution in [2.45, 2.75) is 105 Å². The Morgan fingerprint density at radius 3 is 2.14 bits per heavy atom. The van der Waals surface area contributed by atoms with Crippen LogP contribution in [-0.2, 0) is 9.59 Å². The van der Waals surface area contributed by atoms with E-state index in [1.165, 1.54) is 0 Å². The summed E-state index contributed by atoms with van der Waals surface area (Å²) in [5, 5.41) is 2.95. The van der Waals surface area contributed by atoms with Crippen molar-refractivity contribution in [1.29, 1.82) is 0 Å². The lowest BCUT2D eigenvalue weighted by Crippen LogP contribution is -2.40. The van der Waals surface area contributed by atoms with Gasteiger partial charge in [0.1, 0.15) is 0 Å². The maximum absolute atomic E-state index is 12.3. The minimum absolute atomic E-state index is 0.0205. The molecule has 0 aliphatic carbocycles. The molecule has 0 aromatic carbocycles. The Kier molecular flexibility index (Phi) is 11.2. The van der Waals surface area contributed by atoms with Crippen LogP contribution in [0.25, 0.3) is 0 Å². The van der Waals surface area contributed by atoms with Gasteiger partial charge in [0, 0.05) is 12.8 Å². The molecule has 0 rings (SSSR count). The van der Waals surface area contributed by atoms with Crippen molar-refractivity contribution in [3.63, 3.8) is 0 Å². The summed E-state index contributed by atoms with van der Waals surface area (Å²) in [6.07, 6.45) is 9.16. The number of hydrogen-bond donors (Lipinski definition) is 1. The van der Waals surface area contributed by atoms with Crippen molar-refractivity contribution in [2.75, 3.05) is 0 Å². The van der Waals surface area contributed by atoms with Gasteiger partial charge in [0.05, 0.1) is 6.04 Å². The quantitative estimate of drug-likeness (QED) is 0.514. The minimum Gasteiger partial charge on any atom is -0.346 e. The number of ketones is 1. The van der Waals surface area contributed by atoms with Crippen LogP contribution in [0, 0.1) is 5.41 Å². The van der Waals surface area contributed by atoms with Crippen LogP contribution in [0.2, 0.25) is 0 Å². The van der Waals surface area contributed by atoms with Crippen molar-refractivity contribution in [2.24, 2.45) is 5.41 Å². The molecule has 1 atom stereocenters. The molecule has 0 saturated heterocycles. The zero-order valence-electron chi connectivity index (χ0n) is 15.5. The van der Waals surface area contributed by atoms with Gasteiger partial charge in [-0.05, 0) is 31.1 Å². The van der Waals surface area contributed by atoms with E-state index in [9.17, 15) is 9.59 Å². The number of rotatable bonds is 12. The topological polar surface area (TPSA) is 46.2 Å². The molecule has 0 aliphatic rings. The Labute approximate surface area is 137 Å². The Hall–Kier alpha value is -0.860. The smallest absolute Gasteiger partial charge is 0.220 e. The molecule has 3 heteroatoms. The molecule has 1 amide bonds. The first-order chi connectivity index (χ1) is 10.3. The van der Waals surface area contributed by atoms with Gasteiger partial charge in [-0.15, -0.1) is 0 Å². The van der Waals surface area contributed by atoms with Crippen LogP contribution in [0.5, 0.6) is 0 Å². The van der Waals surface area contributed by atoms with Crippen LogP contribution in [0.1, 0.15) is 98.8 Å². The fraction of sp³-hybridized carbons (Fsp3) is 0.895. The summed E-state index contributed by atoms with van der Waals surface area (Å²) < 4.78 is 0. The molecule has 0 saturated carbocycles. The highest BCUT2D eigenvalue weighted by molar-refractivity contribution is 5.88. The van der Waals surface area contributed by atoms with Crippen LogP contribution in [0.4, 0.5) is 0 Å². The van der Waals surface area contributed by atoms with Gasteiger partial charge >= 0.3 is 0 Å². The molecule has 0 bridgehead atoms. The van der Waals surface area contributed by atoms with Crippen molar-refractivity contribution in [3.05, 3.63) is 0 Å². The van der Waals surface area contributed by atoms with Crippen molar-refractivity contribution in [1.82, 2.24) is 5.32 Å². The first-order valence-electron chi connectivity index (χ1n) is 9.12. The Morgan fingerprint density at radius 1 is 0.909 bits per heavy atom. The Balaban J connectivity index is 4.32. The molecule has 3 nitrogen and oxygen atoms in total. The van der Waals surface area contributed by atoms with E-state index in [4.69, 9.17) is 0 Å². The monoisotopic (exact) mass is 311 g/mol. The molecule has 130 valence electrons. The number of Topliss-reactive ketones (excluding diaryl/α,β-unsaturated/α-hetero) is 1. The summed E-state index contributed by atoms with van der Waals surface area (Å²) in [5.74, 6) is 0.237. The molecule has 0 spiro atoms. The molecule has 0 aromatic rings. The van der Waals surface area contributed by atoms with Gasteiger partial charge in [0.15, 0.2) is 5.78 Å². The van der Waals surface area contributed by atoms with Crippen LogP contribution in [0.3, 0.4) is 0 Å². The van der Waals surface area contributed by atoms with E-state index in [2.05, 4.69) is 33.0 Å². The maximum Gasteiger partial charge on any atom is 0.220 e. The predicted octanol–water partition coefficient (Wildman–Crippen LogP) is 5.03. The summed E-state index contributed by atoms with van der Waals surface area (Å²) in [6, 6.07) is -0.268. The molecule has 22 heavy (non-hydrogen) atoms. The fourth-order valence-corrected chi connectivity index (χ4v) is 2.53. The van der Waals surface area contributed by atoms with Gasteiger partial charge in [-0.2, -0.15) is 0 Å². The number of hydrogen-bond acceptors (Lipinski definition) is 2. The standard InChI is InChI=1S/C19H37NO2/c1-6-8-9-14-17(21)16(20-18(22)12-7-2)13-10-11-15-19(3,4)5/h16H,6-15H2,1-5H3,(H,20,22)/t16-/m0/s1. The lowest BCUT2D eigenvalue weighted by Gasteiger charge is -2.20. The van der Waals surface area contributed by atoms with E-state index in [0.29, 0.717) is 18.3 Å². The first-order valence-corrected chi connectivity index (χ1v) is 9.12. The average molecular weight is 312 g/mol. The average Bonchev–Trinajstić information content (AvgIpc) is 2.41. The lowest BCUT2D eigenvalue weighted by atomic mass is 9.88. The van der Waals surface area contributed by atoms with E-state index in [-0.39, 0.29) is 17.7 Å². The van der Waals surface area contributed by atoms with Gasteiger partial charge in [-0.1, -0.05) is 60.3 Å². The number of unbranched alkanes of at least 4 members (excludes halogenated alkanes) is 3. The summed E-state index contributed by atoms with van der Waals surface area (Å²) in [4.78, 5) is 24.2. The second-order valence-corrected chi connectivity index (χ2v) is 7.60. The van der Waals surface area contributed by atoms with E-state index in [1.807, 2.05) is 6.92 Å². The van der Waals surface area contributed by atoms with Crippen LogP contribution in [-0.4, -0.2) is 17.7 Å². The summed E-state index contributed by atoms with van der Waals surface area (Å²) in [5.41, 5.74) is 0.339. The molecule has 0 fully saturated rings. The van der Waals surface area contributed by atoms with Crippen molar-refractivity contribution >= 4 is 11.7 Å². The first kappa shape index (κ1) is 21.1. The third-order valence-electron chi connectivity index (χ3n) is 3.90. The van der Waals surface area contributed by atoms with E-state index >= 15 is 0 Å². The summed E-state index contributed by atoms with van der Waals surface area (Å²) in [6.45, 7) is 10.8. The van der Waals surface area contributed by atoms with E-state index in [1.54, 1.807) is 0 Å².